The van der Waals surface area contributed by atoms with Crippen molar-refractivity contribution in [2.24, 2.45) is 5.92 Å². The SMILES string of the molecule is C[C@H]1CC2CCCN2C1. The summed E-state index contributed by atoms with van der Waals surface area (Å²) in [5.41, 5.74) is 0. The van der Waals surface area contributed by atoms with E-state index in [9.17, 15) is 0 Å². The Balaban J connectivity index is 2.02. The first-order valence-electron chi connectivity index (χ1n) is 4.10. The Hall–Kier alpha value is -0.0400. The third-order valence-corrected chi connectivity index (χ3v) is 2.72. The van der Waals surface area contributed by atoms with Crippen molar-refractivity contribution < 1.29 is 0 Å². The smallest absolute Gasteiger partial charge is 0.00988 e. The molecule has 0 radical (unpaired) electrons. The fourth-order valence-electron chi connectivity index (χ4n) is 2.34. The maximum absolute atomic E-state index is 2.66. The van der Waals surface area contributed by atoms with E-state index >= 15 is 0 Å². The number of fused-ring (bicyclic) bond motifs is 1. The third kappa shape index (κ3) is 0.877. The second kappa shape index (κ2) is 1.98. The largest absolute Gasteiger partial charge is 0.300 e. The van der Waals surface area contributed by atoms with Crippen LogP contribution in [-0.2, 0) is 0 Å². The predicted octanol–water partition coefficient (Wildman–Crippen LogP) is 1.49. The summed E-state index contributed by atoms with van der Waals surface area (Å²) in [5, 5.41) is 0. The standard InChI is InChI=1S/C8H15N/c1-7-5-8-3-2-4-9(8)6-7/h7-8H,2-6H2,1H3/t7-,8?/m0/s1. The maximum Gasteiger partial charge on any atom is 0.00988 e. The highest BCUT2D eigenvalue weighted by Gasteiger charge is 2.32. The molecule has 0 bridgehead atoms. The summed E-state index contributed by atoms with van der Waals surface area (Å²) in [5.74, 6) is 0.982. The van der Waals surface area contributed by atoms with Crippen LogP contribution in [0.1, 0.15) is 26.2 Å². The summed E-state index contributed by atoms with van der Waals surface area (Å²) >= 11 is 0. The van der Waals surface area contributed by atoms with Gasteiger partial charge in [0.1, 0.15) is 0 Å². The molecule has 2 rings (SSSR count). The van der Waals surface area contributed by atoms with Crippen LogP contribution in [-0.4, -0.2) is 24.0 Å². The molecule has 2 fully saturated rings. The number of hydrogen-bond donors (Lipinski definition) is 0. The molecule has 2 saturated heterocycles. The zero-order chi connectivity index (χ0) is 6.27. The first kappa shape index (κ1) is 5.72. The Kier molecular flexibility index (Phi) is 1.26. The van der Waals surface area contributed by atoms with Gasteiger partial charge in [-0.3, -0.25) is 0 Å². The zero-order valence-electron chi connectivity index (χ0n) is 6.14. The number of hydrogen-bond acceptors (Lipinski definition) is 1. The lowest BCUT2D eigenvalue weighted by Gasteiger charge is -2.12. The van der Waals surface area contributed by atoms with E-state index in [1.807, 2.05) is 0 Å². The van der Waals surface area contributed by atoms with Crippen LogP contribution >= 0.6 is 0 Å². The number of nitrogens with zero attached hydrogens (tertiary/aromatic N) is 1. The minimum Gasteiger partial charge on any atom is -0.300 e. The van der Waals surface area contributed by atoms with Crippen LogP contribution in [0.2, 0.25) is 0 Å². The molecular formula is C8H15N. The molecule has 0 spiro atoms. The first-order chi connectivity index (χ1) is 4.36. The van der Waals surface area contributed by atoms with E-state index in [0.717, 1.165) is 12.0 Å². The molecule has 0 saturated carbocycles. The van der Waals surface area contributed by atoms with E-state index in [1.54, 1.807) is 0 Å². The molecule has 0 N–H and O–H groups in total. The van der Waals surface area contributed by atoms with E-state index in [-0.39, 0.29) is 0 Å². The molecule has 0 aromatic carbocycles. The van der Waals surface area contributed by atoms with Crippen molar-refractivity contribution >= 4 is 0 Å². The maximum atomic E-state index is 2.66. The molecule has 1 nitrogen and oxygen atoms in total. The van der Waals surface area contributed by atoms with Crippen molar-refractivity contribution in [1.82, 2.24) is 4.90 Å². The minimum atomic E-state index is 0.982. The van der Waals surface area contributed by atoms with E-state index in [0.29, 0.717) is 0 Å². The lowest BCUT2D eigenvalue weighted by atomic mass is 10.1. The molecule has 2 atom stereocenters. The quantitative estimate of drug-likeness (QED) is 0.474. The van der Waals surface area contributed by atoms with E-state index in [1.165, 1.54) is 32.4 Å². The lowest BCUT2D eigenvalue weighted by Crippen LogP contribution is -2.22. The molecule has 2 aliphatic heterocycles. The third-order valence-electron chi connectivity index (χ3n) is 2.72. The van der Waals surface area contributed by atoms with Gasteiger partial charge in [-0.1, -0.05) is 6.92 Å². The molecule has 52 valence electrons. The van der Waals surface area contributed by atoms with Crippen LogP contribution in [0.3, 0.4) is 0 Å². The van der Waals surface area contributed by atoms with Crippen LogP contribution in [0.5, 0.6) is 0 Å². The fourth-order valence-corrected chi connectivity index (χ4v) is 2.34. The van der Waals surface area contributed by atoms with Gasteiger partial charge in [0.15, 0.2) is 0 Å². The fraction of sp³-hybridized carbons (Fsp3) is 1.00. The minimum absolute atomic E-state index is 0.982. The van der Waals surface area contributed by atoms with Gasteiger partial charge in [-0.15, -0.1) is 0 Å². The summed E-state index contributed by atoms with van der Waals surface area (Å²) in [7, 11) is 0. The Morgan fingerprint density at radius 1 is 1.44 bits per heavy atom. The van der Waals surface area contributed by atoms with Gasteiger partial charge in [0.2, 0.25) is 0 Å². The van der Waals surface area contributed by atoms with Gasteiger partial charge in [0, 0.05) is 12.6 Å². The summed E-state index contributed by atoms with van der Waals surface area (Å²) in [4.78, 5) is 2.66. The van der Waals surface area contributed by atoms with Gasteiger partial charge < -0.3 is 4.90 Å². The summed E-state index contributed by atoms with van der Waals surface area (Å²) in [6, 6.07) is 0.986. The highest BCUT2D eigenvalue weighted by Crippen LogP contribution is 2.30. The average molecular weight is 125 g/mol. The van der Waals surface area contributed by atoms with Crippen molar-refractivity contribution in [1.29, 1.82) is 0 Å². The molecule has 1 unspecified atom stereocenters. The first-order valence-corrected chi connectivity index (χ1v) is 4.10. The topological polar surface area (TPSA) is 3.24 Å². The van der Waals surface area contributed by atoms with E-state index < -0.39 is 0 Å². The summed E-state index contributed by atoms with van der Waals surface area (Å²) < 4.78 is 0. The zero-order valence-corrected chi connectivity index (χ0v) is 6.14. The second-order valence-electron chi connectivity index (χ2n) is 3.63. The molecule has 0 aromatic rings. The van der Waals surface area contributed by atoms with Crippen LogP contribution in [0.25, 0.3) is 0 Å². The molecule has 9 heavy (non-hydrogen) atoms. The van der Waals surface area contributed by atoms with Gasteiger partial charge in [-0.05, 0) is 31.7 Å². The van der Waals surface area contributed by atoms with Crippen molar-refractivity contribution in [2.75, 3.05) is 13.1 Å². The molecule has 0 aliphatic carbocycles. The highest BCUT2D eigenvalue weighted by molar-refractivity contribution is 4.87. The number of rotatable bonds is 0. The van der Waals surface area contributed by atoms with Crippen LogP contribution in [0, 0.1) is 5.92 Å². The van der Waals surface area contributed by atoms with Crippen molar-refractivity contribution in [3.8, 4) is 0 Å². The van der Waals surface area contributed by atoms with Gasteiger partial charge in [0.25, 0.3) is 0 Å². The Labute approximate surface area is 57.0 Å². The molecule has 1 heteroatoms. The Bertz CT molecular complexity index is 99.1. The monoisotopic (exact) mass is 125 g/mol. The van der Waals surface area contributed by atoms with Crippen LogP contribution < -0.4 is 0 Å². The van der Waals surface area contributed by atoms with Gasteiger partial charge >= 0.3 is 0 Å². The average Bonchev–Trinajstić information content (AvgIpc) is 2.22. The van der Waals surface area contributed by atoms with Gasteiger partial charge in [-0.2, -0.15) is 0 Å². The molecule has 0 amide bonds. The van der Waals surface area contributed by atoms with Crippen molar-refractivity contribution in [3.63, 3.8) is 0 Å². The highest BCUT2D eigenvalue weighted by atomic mass is 15.2. The van der Waals surface area contributed by atoms with E-state index in [4.69, 9.17) is 0 Å². The molecule has 2 aliphatic rings. The lowest BCUT2D eigenvalue weighted by molar-refractivity contribution is 0.319. The molecule has 2 heterocycles. The van der Waals surface area contributed by atoms with Gasteiger partial charge in [0.05, 0.1) is 0 Å². The van der Waals surface area contributed by atoms with Crippen molar-refractivity contribution in [3.05, 3.63) is 0 Å². The normalized spacial score (nSPS) is 43.7. The molecular weight excluding hydrogens is 110 g/mol. The van der Waals surface area contributed by atoms with Crippen LogP contribution in [0.4, 0.5) is 0 Å². The van der Waals surface area contributed by atoms with Crippen molar-refractivity contribution in [2.45, 2.75) is 32.2 Å². The van der Waals surface area contributed by atoms with Gasteiger partial charge in [-0.25, -0.2) is 0 Å². The second-order valence-corrected chi connectivity index (χ2v) is 3.63. The van der Waals surface area contributed by atoms with Crippen LogP contribution in [0.15, 0.2) is 0 Å². The Morgan fingerprint density at radius 2 is 2.33 bits per heavy atom. The predicted molar refractivity (Wildman–Crippen MR) is 38.4 cm³/mol. The summed E-state index contributed by atoms with van der Waals surface area (Å²) in [6.45, 7) is 5.14. The Morgan fingerprint density at radius 3 is 3.11 bits per heavy atom. The molecule has 0 aromatic heterocycles. The summed E-state index contributed by atoms with van der Waals surface area (Å²) in [6.07, 6.45) is 4.40. The van der Waals surface area contributed by atoms with E-state index in [2.05, 4.69) is 11.8 Å².